The fourth-order valence-corrected chi connectivity index (χ4v) is 2.16. The molecule has 2 rings (SSSR count). The molecule has 0 aliphatic carbocycles. The van der Waals surface area contributed by atoms with Gasteiger partial charge in [0.1, 0.15) is 11.7 Å². The van der Waals surface area contributed by atoms with Gasteiger partial charge in [-0.25, -0.2) is 4.68 Å². The Balaban J connectivity index is 2.06. The van der Waals surface area contributed by atoms with Crippen LogP contribution in [0.1, 0.15) is 50.9 Å². The van der Waals surface area contributed by atoms with Crippen molar-refractivity contribution in [2.75, 3.05) is 13.1 Å². The summed E-state index contributed by atoms with van der Waals surface area (Å²) in [5, 5.41) is 17.5. The van der Waals surface area contributed by atoms with Crippen LogP contribution in [0.2, 0.25) is 0 Å². The number of hydrogen-bond donors (Lipinski definition) is 1. The minimum atomic E-state index is -0.604. The van der Waals surface area contributed by atoms with Crippen molar-refractivity contribution in [3.8, 4) is 0 Å². The van der Waals surface area contributed by atoms with Gasteiger partial charge in [0.2, 0.25) is 5.91 Å². The van der Waals surface area contributed by atoms with Crippen molar-refractivity contribution in [3.63, 3.8) is 0 Å². The number of aliphatic hydroxyl groups is 1. The highest BCUT2D eigenvalue weighted by Crippen LogP contribution is 2.17. The molecule has 100 valence electrons. The first kappa shape index (κ1) is 13.0. The monoisotopic (exact) mass is 252 g/mol. The van der Waals surface area contributed by atoms with Crippen LogP contribution in [-0.2, 0) is 4.79 Å². The average molecular weight is 252 g/mol. The molecule has 6 heteroatoms. The SMILES string of the molecule is CCC(O)c1cn(C(C)C(=O)N2CCCC2)nn1. The van der Waals surface area contributed by atoms with Gasteiger partial charge < -0.3 is 10.0 Å². The van der Waals surface area contributed by atoms with Crippen LogP contribution in [0.15, 0.2) is 6.20 Å². The molecular formula is C12H20N4O2. The first-order valence-corrected chi connectivity index (χ1v) is 6.52. The molecule has 1 fully saturated rings. The van der Waals surface area contributed by atoms with Crippen molar-refractivity contribution < 1.29 is 9.90 Å². The fourth-order valence-electron chi connectivity index (χ4n) is 2.16. The number of likely N-dealkylation sites (tertiary alicyclic amines) is 1. The standard InChI is InChI=1S/C12H20N4O2/c1-3-11(17)10-8-16(14-13-10)9(2)12(18)15-6-4-5-7-15/h8-9,11,17H,3-7H2,1-2H3. The molecule has 0 spiro atoms. The minimum absolute atomic E-state index is 0.0786. The third-order valence-electron chi connectivity index (χ3n) is 3.43. The van der Waals surface area contributed by atoms with Crippen LogP contribution < -0.4 is 0 Å². The van der Waals surface area contributed by atoms with E-state index in [0.29, 0.717) is 12.1 Å². The zero-order valence-electron chi connectivity index (χ0n) is 10.9. The highest BCUT2D eigenvalue weighted by atomic mass is 16.3. The number of rotatable bonds is 4. The van der Waals surface area contributed by atoms with Gasteiger partial charge in [0, 0.05) is 13.1 Å². The zero-order valence-corrected chi connectivity index (χ0v) is 10.9. The Labute approximate surface area is 107 Å². The molecule has 1 aromatic heterocycles. The summed E-state index contributed by atoms with van der Waals surface area (Å²) in [4.78, 5) is 14.0. The first-order valence-electron chi connectivity index (χ1n) is 6.52. The molecular weight excluding hydrogens is 232 g/mol. The highest BCUT2D eigenvalue weighted by Gasteiger charge is 2.25. The molecule has 1 aliphatic rings. The van der Waals surface area contributed by atoms with E-state index in [1.807, 2.05) is 18.7 Å². The topological polar surface area (TPSA) is 71.2 Å². The normalized spacial score (nSPS) is 18.9. The maximum absolute atomic E-state index is 12.2. The van der Waals surface area contributed by atoms with E-state index in [1.165, 1.54) is 4.68 Å². The maximum atomic E-state index is 12.2. The van der Waals surface area contributed by atoms with Crippen LogP contribution in [0, 0.1) is 0 Å². The van der Waals surface area contributed by atoms with Crippen LogP contribution in [0.5, 0.6) is 0 Å². The Kier molecular flexibility index (Phi) is 3.96. The summed E-state index contributed by atoms with van der Waals surface area (Å²) in [6, 6.07) is -0.353. The van der Waals surface area contributed by atoms with Crippen molar-refractivity contribution in [1.82, 2.24) is 19.9 Å². The molecule has 0 aromatic carbocycles. The van der Waals surface area contributed by atoms with Crippen molar-refractivity contribution >= 4 is 5.91 Å². The van der Waals surface area contributed by atoms with Gasteiger partial charge in [0.05, 0.1) is 12.3 Å². The molecule has 0 bridgehead atoms. The Morgan fingerprint density at radius 2 is 2.17 bits per heavy atom. The lowest BCUT2D eigenvalue weighted by Gasteiger charge is -2.19. The summed E-state index contributed by atoms with van der Waals surface area (Å²) >= 11 is 0. The van der Waals surface area contributed by atoms with E-state index in [2.05, 4.69) is 10.3 Å². The Morgan fingerprint density at radius 1 is 1.50 bits per heavy atom. The van der Waals surface area contributed by atoms with Gasteiger partial charge in [-0.15, -0.1) is 5.10 Å². The summed E-state index contributed by atoms with van der Waals surface area (Å²) in [7, 11) is 0. The fraction of sp³-hybridized carbons (Fsp3) is 0.750. The molecule has 1 aliphatic heterocycles. The first-order chi connectivity index (χ1) is 8.63. The van der Waals surface area contributed by atoms with E-state index in [-0.39, 0.29) is 11.9 Å². The molecule has 6 nitrogen and oxygen atoms in total. The van der Waals surface area contributed by atoms with Crippen molar-refractivity contribution in [2.45, 2.75) is 45.3 Å². The number of nitrogens with zero attached hydrogens (tertiary/aromatic N) is 4. The van der Waals surface area contributed by atoms with Gasteiger partial charge >= 0.3 is 0 Å². The van der Waals surface area contributed by atoms with Gasteiger partial charge in [-0.2, -0.15) is 0 Å². The quantitative estimate of drug-likeness (QED) is 0.864. The van der Waals surface area contributed by atoms with E-state index in [0.717, 1.165) is 25.9 Å². The van der Waals surface area contributed by atoms with Crippen LogP contribution in [0.4, 0.5) is 0 Å². The van der Waals surface area contributed by atoms with E-state index in [1.54, 1.807) is 6.20 Å². The van der Waals surface area contributed by atoms with E-state index in [4.69, 9.17) is 0 Å². The molecule has 1 aromatic rings. The number of amides is 1. The summed E-state index contributed by atoms with van der Waals surface area (Å²) in [6.45, 7) is 5.37. The lowest BCUT2D eigenvalue weighted by Crippen LogP contribution is -2.34. The summed E-state index contributed by atoms with van der Waals surface area (Å²) in [5.74, 6) is 0.0786. The van der Waals surface area contributed by atoms with Gasteiger partial charge in [-0.3, -0.25) is 4.79 Å². The van der Waals surface area contributed by atoms with Gasteiger partial charge in [0.25, 0.3) is 0 Å². The molecule has 18 heavy (non-hydrogen) atoms. The zero-order chi connectivity index (χ0) is 13.1. The molecule has 1 amide bonds. The smallest absolute Gasteiger partial charge is 0.247 e. The molecule has 0 saturated carbocycles. The van der Waals surface area contributed by atoms with Gasteiger partial charge in [-0.05, 0) is 26.2 Å². The second kappa shape index (κ2) is 5.48. The predicted octanol–water partition coefficient (Wildman–Crippen LogP) is 0.905. The second-order valence-electron chi connectivity index (χ2n) is 4.76. The summed E-state index contributed by atoms with van der Waals surface area (Å²) in [5.41, 5.74) is 0.526. The van der Waals surface area contributed by atoms with E-state index >= 15 is 0 Å². The summed E-state index contributed by atoms with van der Waals surface area (Å²) < 4.78 is 1.54. The van der Waals surface area contributed by atoms with Crippen LogP contribution in [0.25, 0.3) is 0 Å². The van der Waals surface area contributed by atoms with Crippen LogP contribution >= 0.6 is 0 Å². The molecule has 1 N–H and O–H groups in total. The lowest BCUT2D eigenvalue weighted by molar-refractivity contribution is -0.133. The highest BCUT2D eigenvalue weighted by molar-refractivity contribution is 5.80. The molecule has 2 unspecified atom stereocenters. The largest absolute Gasteiger partial charge is 0.387 e. The van der Waals surface area contributed by atoms with Crippen molar-refractivity contribution in [1.29, 1.82) is 0 Å². The Bertz CT molecular complexity index is 412. The van der Waals surface area contributed by atoms with Crippen LogP contribution in [0.3, 0.4) is 0 Å². The van der Waals surface area contributed by atoms with Crippen molar-refractivity contribution in [2.24, 2.45) is 0 Å². The number of aliphatic hydroxyl groups excluding tert-OH is 1. The second-order valence-corrected chi connectivity index (χ2v) is 4.76. The Morgan fingerprint density at radius 3 is 2.78 bits per heavy atom. The molecule has 0 radical (unpaired) electrons. The number of carbonyl (C=O) groups is 1. The molecule has 1 saturated heterocycles. The van der Waals surface area contributed by atoms with Gasteiger partial charge in [0.15, 0.2) is 0 Å². The van der Waals surface area contributed by atoms with Crippen LogP contribution in [-0.4, -0.2) is 44.0 Å². The number of carbonyl (C=O) groups excluding carboxylic acids is 1. The number of hydrogen-bond acceptors (Lipinski definition) is 4. The minimum Gasteiger partial charge on any atom is -0.387 e. The molecule has 2 atom stereocenters. The maximum Gasteiger partial charge on any atom is 0.247 e. The van der Waals surface area contributed by atoms with E-state index < -0.39 is 6.10 Å². The average Bonchev–Trinajstić information content (AvgIpc) is 3.06. The third-order valence-corrected chi connectivity index (χ3v) is 3.43. The lowest BCUT2D eigenvalue weighted by atomic mass is 10.2. The van der Waals surface area contributed by atoms with Crippen molar-refractivity contribution in [3.05, 3.63) is 11.9 Å². The molecule has 2 heterocycles. The predicted molar refractivity (Wildman–Crippen MR) is 65.8 cm³/mol. The van der Waals surface area contributed by atoms with E-state index in [9.17, 15) is 9.90 Å². The Hall–Kier alpha value is -1.43. The summed E-state index contributed by atoms with van der Waals surface area (Å²) in [6.07, 6.45) is 3.80. The van der Waals surface area contributed by atoms with Gasteiger partial charge in [-0.1, -0.05) is 12.1 Å². The third kappa shape index (κ3) is 2.53. The number of aromatic nitrogens is 3.